The second kappa shape index (κ2) is 6.73. The molecule has 2 amide bonds. The van der Waals surface area contributed by atoms with Crippen molar-refractivity contribution in [3.63, 3.8) is 0 Å². The molecular formula is C13H25N3O2. The van der Waals surface area contributed by atoms with Crippen LogP contribution in [-0.4, -0.2) is 30.4 Å². The van der Waals surface area contributed by atoms with E-state index in [1.54, 1.807) is 6.92 Å². The fraction of sp³-hybridized carbons (Fsp3) is 0.846. The summed E-state index contributed by atoms with van der Waals surface area (Å²) in [6.45, 7) is 6.15. The van der Waals surface area contributed by atoms with E-state index in [4.69, 9.17) is 5.73 Å². The van der Waals surface area contributed by atoms with E-state index < -0.39 is 6.04 Å². The van der Waals surface area contributed by atoms with Crippen LogP contribution >= 0.6 is 0 Å². The van der Waals surface area contributed by atoms with Crippen LogP contribution in [-0.2, 0) is 9.59 Å². The topological polar surface area (TPSA) is 84.2 Å². The first-order valence-corrected chi connectivity index (χ1v) is 6.81. The summed E-state index contributed by atoms with van der Waals surface area (Å²) in [6.07, 6.45) is 2.83. The monoisotopic (exact) mass is 255 g/mol. The molecular weight excluding hydrogens is 230 g/mol. The van der Waals surface area contributed by atoms with Crippen molar-refractivity contribution in [3.05, 3.63) is 0 Å². The van der Waals surface area contributed by atoms with Gasteiger partial charge in [-0.05, 0) is 32.6 Å². The highest BCUT2D eigenvalue weighted by Gasteiger charge is 2.33. The van der Waals surface area contributed by atoms with Crippen molar-refractivity contribution in [3.8, 4) is 0 Å². The van der Waals surface area contributed by atoms with Crippen molar-refractivity contribution < 1.29 is 9.59 Å². The van der Waals surface area contributed by atoms with Gasteiger partial charge in [0.05, 0.1) is 0 Å². The second-order valence-electron chi connectivity index (χ2n) is 5.19. The zero-order chi connectivity index (χ0) is 13.7. The van der Waals surface area contributed by atoms with E-state index in [1.165, 1.54) is 0 Å². The Bertz CT molecular complexity index is 307. The number of carbonyl (C=O) groups is 2. The summed E-state index contributed by atoms with van der Waals surface area (Å²) in [5, 5.41) is 5.47. The third-order valence-corrected chi connectivity index (χ3v) is 3.80. The molecule has 1 aliphatic carbocycles. The molecule has 1 saturated carbocycles. The van der Waals surface area contributed by atoms with Gasteiger partial charge in [-0.25, -0.2) is 0 Å². The molecule has 0 aromatic carbocycles. The van der Waals surface area contributed by atoms with Crippen LogP contribution in [0.15, 0.2) is 0 Å². The molecule has 0 aliphatic heterocycles. The van der Waals surface area contributed by atoms with Crippen LogP contribution in [0.2, 0.25) is 0 Å². The van der Waals surface area contributed by atoms with Gasteiger partial charge >= 0.3 is 0 Å². The Morgan fingerprint density at radius 3 is 2.67 bits per heavy atom. The lowest BCUT2D eigenvalue weighted by atomic mass is 9.77. The summed E-state index contributed by atoms with van der Waals surface area (Å²) in [5.74, 6) is -0.0687. The summed E-state index contributed by atoms with van der Waals surface area (Å²) in [6, 6.07) is -0.392. The van der Waals surface area contributed by atoms with Gasteiger partial charge in [-0.1, -0.05) is 13.3 Å². The van der Waals surface area contributed by atoms with Gasteiger partial charge in [0.25, 0.3) is 0 Å². The first kappa shape index (κ1) is 15.0. The molecule has 4 atom stereocenters. The van der Waals surface area contributed by atoms with Crippen molar-refractivity contribution in [1.82, 2.24) is 10.6 Å². The van der Waals surface area contributed by atoms with Crippen molar-refractivity contribution in [2.24, 2.45) is 17.6 Å². The number of hydrogen-bond acceptors (Lipinski definition) is 3. The van der Waals surface area contributed by atoms with E-state index in [9.17, 15) is 9.59 Å². The van der Waals surface area contributed by atoms with Crippen LogP contribution in [0.5, 0.6) is 0 Å². The fourth-order valence-corrected chi connectivity index (χ4v) is 2.48. The molecule has 5 nitrogen and oxygen atoms in total. The van der Waals surface area contributed by atoms with Gasteiger partial charge in [0.1, 0.15) is 6.04 Å². The second-order valence-corrected chi connectivity index (χ2v) is 5.19. The maximum Gasteiger partial charge on any atom is 0.242 e. The lowest BCUT2D eigenvalue weighted by Crippen LogP contribution is -2.50. The van der Waals surface area contributed by atoms with Gasteiger partial charge in [-0.3, -0.25) is 9.59 Å². The molecule has 0 saturated heterocycles. The third-order valence-electron chi connectivity index (χ3n) is 3.80. The minimum atomic E-state index is -0.484. The Morgan fingerprint density at radius 2 is 2.06 bits per heavy atom. The maximum absolute atomic E-state index is 12.1. The molecule has 0 aromatic rings. The van der Waals surface area contributed by atoms with Crippen molar-refractivity contribution in [2.45, 2.75) is 52.1 Å². The fourth-order valence-electron chi connectivity index (χ4n) is 2.48. The van der Waals surface area contributed by atoms with Crippen molar-refractivity contribution >= 4 is 11.8 Å². The van der Waals surface area contributed by atoms with E-state index in [2.05, 4.69) is 10.6 Å². The first-order chi connectivity index (χ1) is 8.47. The number of nitrogens with one attached hydrogen (secondary N) is 2. The minimum Gasteiger partial charge on any atom is -0.355 e. The minimum absolute atomic E-state index is 0.0450. The highest BCUT2D eigenvalue weighted by Crippen LogP contribution is 2.29. The van der Waals surface area contributed by atoms with Crippen LogP contribution in [0, 0.1) is 11.8 Å². The van der Waals surface area contributed by atoms with E-state index in [-0.39, 0.29) is 29.7 Å². The van der Waals surface area contributed by atoms with Crippen LogP contribution in [0.3, 0.4) is 0 Å². The molecule has 18 heavy (non-hydrogen) atoms. The van der Waals surface area contributed by atoms with Gasteiger partial charge in [0, 0.05) is 18.5 Å². The van der Waals surface area contributed by atoms with E-state index in [0.717, 1.165) is 19.3 Å². The molecule has 5 heteroatoms. The van der Waals surface area contributed by atoms with E-state index in [0.29, 0.717) is 6.54 Å². The molecule has 4 unspecified atom stereocenters. The maximum atomic E-state index is 12.1. The quantitative estimate of drug-likeness (QED) is 0.679. The average Bonchev–Trinajstić information content (AvgIpc) is 2.32. The van der Waals surface area contributed by atoms with Gasteiger partial charge in [-0.15, -0.1) is 0 Å². The molecule has 1 rings (SSSR count). The van der Waals surface area contributed by atoms with E-state index >= 15 is 0 Å². The Kier molecular flexibility index (Phi) is 5.59. The SMILES string of the molecule is CCNC(=O)C(C)NC(=O)C1CCCC(N)C1C. The zero-order valence-electron chi connectivity index (χ0n) is 11.5. The van der Waals surface area contributed by atoms with E-state index in [1.807, 2.05) is 13.8 Å². The highest BCUT2D eigenvalue weighted by atomic mass is 16.2. The highest BCUT2D eigenvalue weighted by molar-refractivity contribution is 5.88. The predicted molar refractivity (Wildman–Crippen MR) is 70.8 cm³/mol. The number of carbonyl (C=O) groups excluding carboxylic acids is 2. The van der Waals surface area contributed by atoms with Gasteiger partial charge in [0.2, 0.25) is 11.8 Å². The summed E-state index contributed by atoms with van der Waals surface area (Å²) < 4.78 is 0. The Balaban J connectivity index is 2.51. The molecule has 1 fully saturated rings. The average molecular weight is 255 g/mol. The summed E-state index contributed by atoms with van der Waals surface area (Å²) >= 11 is 0. The number of nitrogens with two attached hydrogens (primary N) is 1. The molecule has 104 valence electrons. The van der Waals surface area contributed by atoms with Crippen LogP contribution in [0.4, 0.5) is 0 Å². The molecule has 0 heterocycles. The third kappa shape index (κ3) is 3.70. The Hall–Kier alpha value is -1.10. The number of amides is 2. The van der Waals surface area contributed by atoms with Gasteiger partial charge < -0.3 is 16.4 Å². The zero-order valence-corrected chi connectivity index (χ0v) is 11.5. The van der Waals surface area contributed by atoms with Gasteiger partial charge in [0.15, 0.2) is 0 Å². The molecule has 4 N–H and O–H groups in total. The van der Waals surface area contributed by atoms with Crippen molar-refractivity contribution in [2.75, 3.05) is 6.54 Å². The predicted octanol–water partition coefficient (Wildman–Crippen LogP) is 0.391. The molecule has 0 bridgehead atoms. The molecule has 0 aromatic heterocycles. The molecule has 0 spiro atoms. The summed E-state index contributed by atoms with van der Waals surface area (Å²) in [5.41, 5.74) is 5.99. The van der Waals surface area contributed by atoms with Gasteiger partial charge in [-0.2, -0.15) is 0 Å². The largest absolute Gasteiger partial charge is 0.355 e. The van der Waals surface area contributed by atoms with Crippen LogP contribution in [0.1, 0.15) is 40.0 Å². The molecule has 1 aliphatic rings. The number of likely N-dealkylation sites (N-methyl/N-ethyl adjacent to an activating group) is 1. The lowest BCUT2D eigenvalue weighted by Gasteiger charge is -2.33. The van der Waals surface area contributed by atoms with Crippen LogP contribution in [0.25, 0.3) is 0 Å². The Morgan fingerprint density at radius 1 is 1.39 bits per heavy atom. The normalized spacial score (nSPS) is 29.4. The Labute approximate surface area is 109 Å². The number of rotatable bonds is 4. The lowest BCUT2D eigenvalue weighted by molar-refractivity contribution is -0.132. The van der Waals surface area contributed by atoms with Crippen molar-refractivity contribution in [1.29, 1.82) is 0 Å². The molecule has 0 radical (unpaired) electrons. The number of hydrogen-bond donors (Lipinski definition) is 3. The summed E-state index contributed by atoms with van der Waals surface area (Å²) in [4.78, 5) is 23.7. The van der Waals surface area contributed by atoms with Crippen LogP contribution < -0.4 is 16.4 Å². The summed E-state index contributed by atoms with van der Waals surface area (Å²) in [7, 11) is 0. The standard InChI is InChI=1S/C13H25N3O2/c1-4-15-12(17)9(3)16-13(18)10-6-5-7-11(14)8(10)2/h8-11H,4-7,14H2,1-3H3,(H,15,17)(H,16,18). The smallest absolute Gasteiger partial charge is 0.242 e. The first-order valence-electron chi connectivity index (χ1n) is 6.81.